The number of hydrogen-bond donors (Lipinski definition) is 1. The van der Waals surface area contributed by atoms with Gasteiger partial charge in [0.25, 0.3) is 0 Å². The zero-order valence-electron chi connectivity index (χ0n) is 8.85. The third-order valence-corrected chi connectivity index (χ3v) is 2.52. The molecule has 1 amide bonds. The normalized spacial score (nSPS) is 11.3. The molecule has 0 bridgehead atoms. The van der Waals surface area contributed by atoms with Gasteiger partial charge in [-0.25, -0.2) is 0 Å². The molecule has 0 atom stereocenters. The minimum absolute atomic E-state index is 0.0722. The van der Waals surface area contributed by atoms with Crippen LogP contribution in [0, 0.1) is 0 Å². The summed E-state index contributed by atoms with van der Waals surface area (Å²) in [7, 11) is 0. The number of halogens is 4. The molecule has 17 heavy (non-hydrogen) atoms. The second-order valence-electron chi connectivity index (χ2n) is 3.37. The molecule has 0 aromatic heterocycles. The van der Waals surface area contributed by atoms with Gasteiger partial charge in [0, 0.05) is 18.3 Å². The predicted octanol–water partition coefficient (Wildman–Crippen LogP) is 3.11. The third kappa shape index (κ3) is 4.38. The van der Waals surface area contributed by atoms with Crippen molar-refractivity contribution in [1.82, 2.24) is 5.32 Å². The number of nitrogens with one attached hydrogen (secondary N) is 1. The quantitative estimate of drug-likeness (QED) is 0.851. The molecular weight excluding hydrogens is 299 g/mol. The first-order chi connectivity index (χ1) is 7.95. The van der Waals surface area contributed by atoms with E-state index in [4.69, 9.17) is 0 Å². The van der Waals surface area contributed by atoms with E-state index in [0.29, 0.717) is 5.33 Å². The van der Waals surface area contributed by atoms with E-state index in [1.165, 1.54) is 18.2 Å². The number of amides is 1. The Bertz CT molecular complexity index is 393. The van der Waals surface area contributed by atoms with E-state index >= 15 is 0 Å². The van der Waals surface area contributed by atoms with Gasteiger partial charge in [0.1, 0.15) is 0 Å². The van der Waals surface area contributed by atoms with Gasteiger partial charge in [-0.1, -0.05) is 34.1 Å². The van der Waals surface area contributed by atoms with Crippen LogP contribution in [-0.4, -0.2) is 11.2 Å². The molecule has 0 saturated heterocycles. The van der Waals surface area contributed by atoms with Gasteiger partial charge in [-0.3, -0.25) is 4.79 Å². The largest absolute Gasteiger partial charge is 0.416 e. The predicted molar refractivity (Wildman–Crippen MR) is 61.7 cm³/mol. The van der Waals surface area contributed by atoms with Crippen LogP contribution in [0.1, 0.15) is 17.5 Å². The minimum Gasteiger partial charge on any atom is -0.352 e. The third-order valence-electron chi connectivity index (χ3n) is 2.12. The van der Waals surface area contributed by atoms with Crippen molar-refractivity contribution in [3.63, 3.8) is 0 Å². The molecule has 0 radical (unpaired) electrons. The van der Waals surface area contributed by atoms with E-state index < -0.39 is 11.7 Å². The summed E-state index contributed by atoms with van der Waals surface area (Å²) >= 11 is 3.08. The standard InChI is InChI=1S/C11H11BrF3NO/c12-6-5-10(17)16-7-8-3-1-2-4-9(8)11(13,14)15/h1-4H,5-7H2,(H,16,17). The van der Waals surface area contributed by atoms with Crippen LogP contribution in [0.25, 0.3) is 0 Å². The molecule has 1 N–H and O–H groups in total. The highest BCUT2D eigenvalue weighted by molar-refractivity contribution is 9.09. The summed E-state index contributed by atoms with van der Waals surface area (Å²) < 4.78 is 37.8. The zero-order valence-corrected chi connectivity index (χ0v) is 10.4. The number of benzene rings is 1. The molecule has 94 valence electrons. The fourth-order valence-electron chi connectivity index (χ4n) is 1.32. The Morgan fingerprint density at radius 3 is 2.53 bits per heavy atom. The lowest BCUT2D eigenvalue weighted by molar-refractivity contribution is -0.138. The van der Waals surface area contributed by atoms with Crippen LogP contribution in [0.5, 0.6) is 0 Å². The first kappa shape index (κ1) is 14.0. The van der Waals surface area contributed by atoms with Gasteiger partial charge in [-0.05, 0) is 11.6 Å². The lowest BCUT2D eigenvalue weighted by Gasteiger charge is -2.12. The van der Waals surface area contributed by atoms with E-state index in [-0.39, 0.29) is 24.4 Å². The van der Waals surface area contributed by atoms with E-state index in [9.17, 15) is 18.0 Å². The van der Waals surface area contributed by atoms with Gasteiger partial charge < -0.3 is 5.32 Å². The molecule has 1 aromatic rings. The number of carbonyl (C=O) groups is 1. The fourth-order valence-corrected chi connectivity index (χ4v) is 1.68. The van der Waals surface area contributed by atoms with Crippen LogP contribution in [0.3, 0.4) is 0 Å². The molecule has 0 spiro atoms. The van der Waals surface area contributed by atoms with Gasteiger partial charge >= 0.3 is 6.18 Å². The Morgan fingerprint density at radius 2 is 1.94 bits per heavy atom. The maximum Gasteiger partial charge on any atom is 0.416 e. The lowest BCUT2D eigenvalue weighted by Crippen LogP contribution is -2.24. The first-order valence-electron chi connectivity index (χ1n) is 4.93. The Kier molecular flexibility index (Phi) is 4.99. The summed E-state index contributed by atoms with van der Waals surface area (Å²) in [6.45, 7) is -0.110. The number of hydrogen-bond acceptors (Lipinski definition) is 1. The summed E-state index contributed by atoms with van der Waals surface area (Å²) in [5.41, 5.74) is -0.637. The maximum atomic E-state index is 12.6. The average molecular weight is 310 g/mol. The summed E-state index contributed by atoms with van der Waals surface area (Å²) in [5, 5.41) is 2.93. The van der Waals surface area contributed by atoms with Gasteiger partial charge in [0.2, 0.25) is 5.91 Å². The Morgan fingerprint density at radius 1 is 1.29 bits per heavy atom. The van der Waals surface area contributed by atoms with Gasteiger partial charge in [0.05, 0.1) is 5.56 Å². The zero-order chi connectivity index (χ0) is 12.9. The second-order valence-corrected chi connectivity index (χ2v) is 4.16. The molecule has 0 fully saturated rings. The van der Waals surface area contributed by atoms with Crippen LogP contribution in [-0.2, 0) is 17.5 Å². The Hall–Kier alpha value is -1.04. The molecule has 0 aliphatic carbocycles. The van der Waals surface area contributed by atoms with Gasteiger partial charge in [0.15, 0.2) is 0 Å². The number of carbonyl (C=O) groups excluding carboxylic acids is 1. The maximum absolute atomic E-state index is 12.6. The topological polar surface area (TPSA) is 29.1 Å². The first-order valence-corrected chi connectivity index (χ1v) is 6.05. The van der Waals surface area contributed by atoms with Crippen LogP contribution < -0.4 is 5.32 Å². The van der Waals surface area contributed by atoms with E-state index in [1.54, 1.807) is 0 Å². The van der Waals surface area contributed by atoms with Crippen LogP contribution >= 0.6 is 15.9 Å². The van der Waals surface area contributed by atoms with E-state index in [0.717, 1.165) is 6.07 Å². The van der Waals surface area contributed by atoms with E-state index in [1.807, 2.05) is 0 Å². The molecular formula is C11H11BrF3NO. The number of alkyl halides is 4. The van der Waals surface area contributed by atoms with E-state index in [2.05, 4.69) is 21.2 Å². The van der Waals surface area contributed by atoms with Crippen molar-refractivity contribution in [2.45, 2.75) is 19.1 Å². The molecule has 0 aliphatic rings. The monoisotopic (exact) mass is 309 g/mol. The highest BCUT2D eigenvalue weighted by atomic mass is 79.9. The summed E-state index contributed by atoms with van der Waals surface area (Å²) in [5.74, 6) is -0.279. The smallest absolute Gasteiger partial charge is 0.352 e. The fraction of sp³-hybridized carbons (Fsp3) is 0.364. The van der Waals surface area contributed by atoms with Crippen LogP contribution in [0.2, 0.25) is 0 Å². The highest BCUT2D eigenvalue weighted by Gasteiger charge is 2.32. The second kappa shape index (κ2) is 6.05. The van der Waals surface area contributed by atoms with Crippen molar-refractivity contribution < 1.29 is 18.0 Å². The van der Waals surface area contributed by atoms with Crippen molar-refractivity contribution in [3.8, 4) is 0 Å². The minimum atomic E-state index is -4.39. The van der Waals surface area contributed by atoms with Crippen molar-refractivity contribution in [1.29, 1.82) is 0 Å². The molecule has 1 rings (SSSR count). The van der Waals surface area contributed by atoms with Crippen molar-refractivity contribution in [2.75, 3.05) is 5.33 Å². The van der Waals surface area contributed by atoms with Gasteiger partial charge in [-0.2, -0.15) is 13.2 Å². The Labute approximate surface area is 105 Å². The SMILES string of the molecule is O=C(CCBr)NCc1ccccc1C(F)(F)F. The highest BCUT2D eigenvalue weighted by Crippen LogP contribution is 2.31. The van der Waals surface area contributed by atoms with Crippen molar-refractivity contribution >= 4 is 21.8 Å². The lowest BCUT2D eigenvalue weighted by atomic mass is 10.1. The van der Waals surface area contributed by atoms with Crippen molar-refractivity contribution in [3.05, 3.63) is 35.4 Å². The molecule has 2 nitrogen and oxygen atoms in total. The summed E-state index contributed by atoms with van der Waals surface area (Å²) in [6, 6.07) is 5.21. The van der Waals surface area contributed by atoms with Crippen molar-refractivity contribution in [2.24, 2.45) is 0 Å². The average Bonchev–Trinajstić information content (AvgIpc) is 2.26. The molecule has 0 heterocycles. The summed E-state index contributed by atoms with van der Waals surface area (Å²) in [6.07, 6.45) is -4.15. The van der Waals surface area contributed by atoms with Gasteiger partial charge in [-0.15, -0.1) is 0 Å². The molecule has 0 unspecified atom stereocenters. The van der Waals surface area contributed by atoms with Crippen LogP contribution in [0.15, 0.2) is 24.3 Å². The molecule has 0 aliphatic heterocycles. The molecule has 6 heteroatoms. The molecule has 0 saturated carbocycles. The summed E-state index contributed by atoms with van der Waals surface area (Å²) in [4.78, 5) is 11.2. The molecule has 1 aromatic carbocycles. The number of rotatable bonds is 4. The van der Waals surface area contributed by atoms with Crippen LogP contribution in [0.4, 0.5) is 13.2 Å². The Balaban J connectivity index is 2.74.